The van der Waals surface area contributed by atoms with Gasteiger partial charge in [-0.1, -0.05) is 24.3 Å². The van der Waals surface area contributed by atoms with Gasteiger partial charge < -0.3 is 0 Å². The summed E-state index contributed by atoms with van der Waals surface area (Å²) in [7, 11) is -1.25. The van der Waals surface area contributed by atoms with Gasteiger partial charge in [-0.15, -0.1) is 4.91 Å². The highest BCUT2D eigenvalue weighted by Gasteiger charge is 2.28. The van der Waals surface area contributed by atoms with Crippen LogP contribution < -0.4 is 5.01 Å². The molecule has 1 heterocycles. The van der Waals surface area contributed by atoms with Crippen LogP contribution in [0.25, 0.3) is 0 Å². The first kappa shape index (κ1) is 10.2. The number of hydrogen-bond donors (Lipinski definition) is 0. The second-order valence-corrected chi connectivity index (χ2v) is 5.01. The maximum absolute atomic E-state index is 12.3. The largest absolute Gasteiger partial charge is 0.249 e. The first-order valence-electron chi connectivity index (χ1n) is 5.06. The third-order valence-electron chi connectivity index (χ3n) is 2.67. The van der Waals surface area contributed by atoms with Gasteiger partial charge in [0.2, 0.25) is 0 Å². The van der Waals surface area contributed by atoms with Crippen LogP contribution in [-0.2, 0) is 10.8 Å². The Morgan fingerprint density at radius 3 is 1.82 bits per heavy atom. The monoisotopic (exact) mass is 244 g/mol. The molecule has 0 bridgehead atoms. The number of nitrogens with zero attached hydrogens (tertiary/aromatic N) is 2. The van der Waals surface area contributed by atoms with E-state index < -0.39 is 10.8 Å². The van der Waals surface area contributed by atoms with Crippen molar-refractivity contribution in [1.82, 2.24) is 0 Å². The molecule has 0 unspecified atom stereocenters. The zero-order valence-corrected chi connectivity index (χ0v) is 9.55. The van der Waals surface area contributed by atoms with Gasteiger partial charge >= 0.3 is 0 Å². The summed E-state index contributed by atoms with van der Waals surface area (Å²) in [4.78, 5) is 12.2. The van der Waals surface area contributed by atoms with Gasteiger partial charge in [0.1, 0.15) is 0 Å². The molecule has 0 aliphatic carbocycles. The Bertz CT molecular complexity index is 578. The van der Waals surface area contributed by atoms with Gasteiger partial charge in [0.25, 0.3) is 0 Å². The molecule has 0 radical (unpaired) electrons. The number of hydrogen-bond acceptors (Lipinski definition) is 3. The molecule has 0 saturated heterocycles. The van der Waals surface area contributed by atoms with Crippen molar-refractivity contribution in [3.63, 3.8) is 0 Å². The lowest BCUT2D eigenvalue weighted by Crippen LogP contribution is -2.17. The maximum atomic E-state index is 12.3. The van der Waals surface area contributed by atoms with Gasteiger partial charge in [-0.2, -0.15) is 5.01 Å². The third kappa shape index (κ3) is 1.39. The molecule has 0 fully saturated rings. The van der Waals surface area contributed by atoms with Crippen molar-refractivity contribution >= 4 is 22.2 Å². The molecule has 4 nitrogen and oxygen atoms in total. The molecule has 0 aromatic heterocycles. The topological polar surface area (TPSA) is 49.7 Å². The van der Waals surface area contributed by atoms with Crippen LogP contribution >= 0.6 is 0 Å². The van der Waals surface area contributed by atoms with Crippen molar-refractivity contribution in [2.75, 3.05) is 5.01 Å². The fourth-order valence-electron chi connectivity index (χ4n) is 1.91. The Balaban J connectivity index is 2.33. The second-order valence-electron chi connectivity index (χ2n) is 3.60. The lowest BCUT2D eigenvalue weighted by Gasteiger charge is -2.25. The molecule has 2 aromatic rings. The first-order valence-corrected chi connectivity index (χ1v) is 6.21. The number of nitroso groups, excluding NO2 is 1. The Morgan fingerprint density at radius 1 is 0.882 bits per heavy atom. The Labute approximate surface area is 100 Å². The van der Waals surface area contributed by atoms with E-state index in [2.05, 4.69) is 5.29 Å². The standard InChI is InChI=1S/C12H8N2O2S/c15-13-14-9-5-1-3-7-11(9)17(16)12-8-4-2-6-10(12)14/h1-8H. The Hall–Kier alpha value is -2.01. The summed E-state index contributed by atoms with van der Waals surface area (Å²) in [6.07, 6.45) is 0. The van der Waals surface area contributed by atoms with Crippen molar-refractivity contribution in [2.45, 2.75) is 9.79 Å². The molecule has 1 aliphatic heterocycles. The van der Waals surface area contributed by atoms with Crippen molar-refractivity contribution < 1.29 is 4.21 Å². The van der Waals surface area contributed by atoms with Crippen LogP contribution in [0.3, 0.4) is 0 Å². The summed E-state index contributed by atoms with van der Waals surface area (Å²) < 4.78 is 12.3. The highest BCUT2D eigenvalue weighted by atomic mass is 32.2. The number of para-hydroxylation sites is 2. The normalized spacial score (nSPS) is 14.0. The van der Waals surface area contributed by atoms with Crippen molar-refractivity contribution in [1.29, 1.82) is 0 Å². The molecule has 0 N–H and O–H groups in total. The zero-order valence-electron chi connectivity index (χ0n) is 8.74. The molecule has 0 amide bonds. The van der Waals surface area contributed by atoms with Crippen LogP contribution in [0.1, 0.15) is 0 Å². The smallest absolute Gasteiger partial charge is 0.0893 e. The molecule has 2 aromatic carbocycles. The molecule has 17 heavy (non-hydrogen) atoms. The lowest BCUT2D eigenvalue weighted by atomic mass is 10.2. The quantitative estimate of drug-likeness (QED) is 0.724. The molecular formula is C12H8N2O2S. The minimum atomic E-state index is -1.25. The van der Waals surface area contributed by atoms with Crippen molar-refractivity contribution in [2.24, 2.45) is 5.29 Å². The minimum Gasteiger partial charge on any atom is -0.249 e. The van der Waals surface area contributed by atoms with Gasteiger partial charge in [0, 0.05) is 0 Å². The van der Waals surface area contributed by atoms with Crippen LogP contribution in [0, 0.1) is 4.91 Å². The number of anilines is 2. The molecule has 5 heteroatoms. The minimum absolute atomic E-state index is 0.583. The van der Waals surface area contributed by atoms with Gasteiger partial charge in [-0.25, -0.2) is 4.21 Å². The molecule has 0 atom stereocenters. The summed E-state index contributed by atoms with van der Waals surface area (Å²) in [5, 5.41) is 4.30. The molecule has 0 saturated carbocycles. The Kier molecular flexibility index (Phi) is 2.26. The van der Waals surface area contributed by atoms with E-state index in [1.807, 2.05) is 0 Å². The van der Waals surface area contributed by atoms with Gasteiger partial charge in [0.15, 0.2) is 0 Å². The van der Waals surface area contributed by atoms with Gasteiger partial charge in [-0.05, 0) is 24.3 Å². The second kappa shape index (κ2) is 3.78. The predicted octanol–water partition coefficient (Wildman–Crippen LogP) is 2.99. The molecule has 0 spiro atoms. The lowest BCUT2D eigenvalue weighted by molar-refractivity contribution is 0.681. The van der Waals surface area contributed by atoms with Crippen molar-refractivity contribution in [3.8, 4) is 0 Å². The molecule has 1 aliphatic rings. The average molecular weight is 244 g/mol. The average Bonchev–Trinajstić information content (AvgIpc) is 2.40. The molecule has 3 rings (SSSR count). The highest BCUT2D eigenvalue weighted by Crippen LogP contribution is 2.41. The predicted molar refractivity (Wildman–Crippen MR) is 65.5 cm³/mol. The fourth-order valence-corrected chi connectivity index (χ4v) is 3.24. The van der Waals surface area contributed by atoms with Crippen LogP contribution in [0.5, 0.6) is 0 Å². The SMILES string of the molecule is O=NN1c2ccccc2S(=O)c2ccccc21. The molecular weight excluding hydrogens is 236 g/mol. The van der Waals surface area contributed by atoms with E-state index >= 15 is 0 Å². The van der Waals surface area contributed by atoms with Crippen molar-refractivity contribution in [3.05, 3.63) is 53.4 Å². The van der Waals surface area contributed by atoms with E-state index in [-0.39, 0.29) is 0 Å². The zero-order chi connectivity index (χ0) is 11.8. The first-order chi connectivity index (χ1) is 8.33. The highest BCUT2D eigenvalue weighted by molar-refractivity contribution is 7.85. The summed E-state index contributed by atoms with van der Waals surface area (Å²) in [5.74, 6) is 0. The van der Waals surface area contributed by atoms with E-state index in [0.29, 0.717) is 21.2 Å². The fraction of sp³-hybridized carbons (Fsp3) is 0. The van der Waals surface area contributed by atoms with E-state index in [4.69, 9.17) is 0 Å². The van der Waals surface area contributed by atoms with Gasteiger partial charge in [-0.3, -0.25) is 0 Å². The number of fused-ring (bicyclic) bond motifs is 2. The van der Waals surface area contributed by atoms with E-state index in [9.17, 15) is 9.12 Å². The summed E-state index contributed by atoms with van der Waals surface area (Å²) in [6.45, 7) is 0. The van der Waals surface area contributed by atoms with E-state index in [1.165, 1.54) is 5.01 Å². The van der Waals surface area contributed by atoms with Crippen LogP contribution in [0.15, 0.2) is 63.6 Å². The third-order valence-corrected chi connectivity index (χ3v) is 4.16. The maximum Gasteiger partial charge on any atom is 0.0893 e. The Morgan fingerprint density at radius 2 is 1.35 bits per heavy atom. The van der Waals surface area contributed by atoms with E-state index in [1.54, 1.807) is 48.5 Å². The number of rotatable bonds is 1. The van der Waals surface area contributed by atoms with Crippen LogP contribution in [0.4, 0.5) is 11.4 Å². The van der Waals surface area contributed by atoms with E-state index in [0.717, 1.165) is 0 Å². The summed E-state index contributed by atoms with van der Waals surface area (Å²) >= 11 is 0. The molecule has 84 valence electrons. The van der Waals surface area contributed by atoms with Crippen LogP contribution in [-0.4, -0.2) is 4.21 Å². The summed E-state index contributed by atoms with van der Waals surface area (Å²) in [6, 6.07) is 14.2. The van der Waals surface area contributed by atoms with Gasteiger partial charge in [0.05, 0.1) is 37.3 Å². The summed E-state index contributed by atoms with van der Waals surface area (Å²) in [5.41, 5.74) is 1.17. The van der Waals surface area contributed by atoms with Crippen LogP contribution in [0.2, 0.25) is 0 Å². The number of benzene rings is 2.